The van der Waals surface area contributed by atoms with Crippen molar-refractivity contribution in [3.05, 3.63) is 81.9 Å². The zero-order chi connectivity index (χ0) is 19.6. The number of carbonyl (C=O) groups is 1. The summed E-state index contributed by atoms with van der Waals surface area (Å²) < 4.78 is 0. The molecule has 0 radical (unpaired) electrons. The first kappa shape index (κ1) is 18.0. The third kappa shape index (κ3) is 2.74. The first-order chi connectivity index (χ1) is 12.6. The van der Waals surface area contributed by atoms with E-state index in [-0.39, 0.29) is 16.2 Å². The van der Waals surface area contributed by atoms with Crippen LogP contribution in [0.5, 0.6) is 0 Å². The lowest BCUT2D eigenvalue weighted by atomic mass is 9.66. The predicted molar refractivity (Wildman–Crippen MR) is 110 cm³/mol. The second-order valence-corrected chi connectivity index (χ2v) is 9.45. The van der Waals surface area contributed by atoms with Crippen LogP contribution in [0.3, 0.4) is 0 Å². The maximum Gasteiger partial charge on any atom is 0.335 e. The van der Waals surface area contributed by atoms with E-state index in [1.54, 1.807) is 12.1 Å². The Morgan fingerprint density at radius 2 is 1.37 bits per heavy atom. The molecule has 0 bridgehead atoms. The average Bonchev–Trinajstić information content (AvgIpc) is 3.40. The van der Waals surface area contributed by atoms with Crippen LogP contribution in [0.4, 0.5) is 0 Å². The third-order valence-electron chi connectivity index (χ3n) is 6.62. The highest BCUT2D eigenvalue weighted by molar-refractivity contribution is 5.87. The van der Waals surface area contributed by atoms with Gasteiger partial charge in [-0.3, -0.25) is 0 Å². The second-order valence-electron chi connectivity index (χ2n) is 9.45. The SMILES string of the molecule is Cc1cc2c(cc1C1(c3ccc(C(=O)O)cc3)CC1)C(C)(C)C=CC2(C)C. The fourth-order valence-corrected chi connectivity index (χ4v) is 4.66. The van der Waals surface area contributed by atoms with Crippen molar-refractivity contribution in [1.82, 2.24) is 0 Å². The molecular formula is C25H28O2. The Bertz CT molecular complexity index is 955. The first-order valence-corrected chi connectivity index (χ1v) is 9.77. The van der Waals surface area contributed by atoms with Gasteiger partial charge >= 0.3 is 5.97 Å². The number of carboxylic acids is 1. The summed E-state index contributed by atoms with van der Waals surface area (Å²) in [5, 5.41) is 9.19. The summed E-state index contributed by atoms with van der Waals surface area (Å²) in [5.41, 5.74) is 7.29. The van der Waals surface area contributed by atoms with Crippen LogP contribution >= 0.6 is 0 Å². The van der Waals surface area contributed by atoms with Crippen LogP contribution in [0.2, 0.25) is 0 Å². The third-order valence-corrected chi connectivity index (χ3v) is 6.62. The molecule has 0 atom stereocenters. The standard InChI is InChI=1S/C25H28O2/c1-16-14-20-21(24(4,5)11-10-23(20,2)3)15-19(16)25(12-13-25)18-8-6-17(7-9-18)22(26)27/h6-11,14-15H,12-13H2,1-5H3,(H,26,27). The average molecular weight is 360 g/mol. The Balaban J connectivity index is 1.85. The summed E-state index contributed by atoms with van der Waals surface area (Å²) in [7, 11) is 0. The fourth-order valence-electron chi connectivity index (χ4n) is 4.66. The molecule has 27 heavy (non-hydrogen) atoms. The van der Waals surface area contributed by atoms with Gasteiger partial charge in [-0.25, -0.2) is 4.79 Å². The Kier molecular flexibility index (Phi) is 3.72. The highest BCUT2D eigenvalue weighted by Gasteiger charge is 2.47. The zero-order valence-corrected chi connectivity index (χ0v) is 16.9. The molecular weight excluding hydrogens is 332 g/mol. The lowest BCUT2D eigenvalue weighted by molar-refractivity contribution is 0.0697. The highest BCUT2D eigenvalue weighted by atomic mass is 16.4. The lowest BCUT2D eigenvalue weighted by Gasteiger charge is -2.38. The highest BCUT2D eigenvalue weighted by Crippen LogP contribution is 2.56. The van der Waals surface area contributed by atoms with E-state index in [9.17, 15) is 9.90 Å². The Hall–Kier alpha value is -2.35. The van der Waals surface area contributed by atoms with E-state index < -0.39 is 5.97 Å². The molecule has 4 rings (SSSR count). The fraction of sp³-hybridized carbons (Fsp3) is 0.400. The molecule has 2 nitrogen and oxygen atoms in total. The molecule has 0 saturated heterocycles. The van der Waals surface area contributed by atoms with Gasteiger partial charge < -0.3 is 5.11 Å². The minimum atomic E-state index is -0.868. The van der Waals surface area contributed by atoms with Gasteiger partial charge in [-0.05, 0) is 59.7 Å². The Morgan fingerprint density at radius 1 is 0.852 bits per heavy atom. The van der Waals surface area contributed by atoms with Gasteiger partial charge in [0.1, 0.15) is 0 Å². The molecule has 2 aromatic rings. The molecule has 2 aliphatic carbocycles. The maximum absolute atomic E-state index is 11.2. The number of carboxylic acid groups (broad SMARTS) is 1. The Morgan fingerprint density at radius 3 is 1.85 bits per heavy atom. The summed E-state index contributed by atoms with van der Waals surface area (Å²) in [6, 6.07) is 12.3. The molecule has 0 aromatic heterocycles. The van der Waals surface area contributed by atoms with Crippen molar-refractivity contribution in [2.45, 2.75) is 63.7 Å². The van der Waals surface area contributed by atoms with Crippen LogP contribution in [-0.4, -0.2) is 11.1 Å². The van der Waals surface area contributed by atoms with Crippen molar-refractivity contribution >= 4 is 5.97 Å². The number of allylic oxidation sites excluding steroid dienone is 2. The summed E-state index contributed by atoms with van der Waals surface area (Å²) in [4.78, 5) is 11.2. The van der Waals surface area contributed by atoms with E-state index >= 15 is 0 Å². The van der Waals surface area contributed by atoms with Gasteiger partial charge in [0.25, 0.3) is 0 Å². The van der Waals surface area contributed by atoms with Crippen LogP contribution in [0.25, 0.3) is 0 Å². The maximum atomic E-state index is 11.2. The topological polar surface area (TPSA) is 37.3 Å². The van der Waals surface area contributed by atoms with E-state index in [0.717, 1.165) is 12.8 Å². The van der Waals surface area contributed by atoms with Crippen molar-refractivity contribution in [3.8, 4) is 0 Å². The number of fused-ring (bicyclic) bond motifs is 1. The summed E-state index contributed by atoms with van der Waals surface area (Å²) >= 11 is 0. The number of rotatable bonds is 3. The van der Waals surface area contributed by atoms with Gasteiger partial charge in [-0.1, -0.05) is 64.1 Å². The first-order valence-electron chi connectivity index (χ1n) is 9.77. The van der Waals surface area contributed by atoms with Crippen LogP contribution in [0.15, 0.2) is 48.6 Å². The quantitative estimate of drug-likeness (QED) is 0.692. The van der Waals surface area contributed by atoms with E-state index in [2.05, 4.69) is 58.9 Å². The van der Waals surface area contributed by atoms with Crippen molar-refractivity contribution in [2.75, 3.05) is 0 Å². The molecule has 1 saturated carbocycles. The largest absolute Gasteiger partial charge is 0.478 e. The summed E-state index contributed by atoms with van der Waals surface area (Å²) in [6.07, 6.45) is 6.93. The molecule has 0 aliphatic heterocycles. The van der Waals surface area contributed by atoms with Crippen LogP contribution in [0.1, 0.15) is 78.7 Å². The molecule has 0 heterocycles. The van der Waals surface area contributed by atoms with Crippen LogP contribution < -0.4 is 0 Å². The summed E-state index contributed by atoms with van der Waals surface area (Å²) in [5.74, 6) is -0.868. The van der Waals surface area contributed by atoms with E-state index in [1.807, 2.05) is 12.1 Å². The molecule has 0 spiro atoms. The number of aromatic carboxylic acids is 1. The van der Waals surface area contributed by atoms with Gasteiger partial charge in [0, 0.05) is 16.2 Å². The zero-order valence-electron chi connectivity index (χ0n) is 16.9. The molecule has 2 aromatic carbocycles. The monoisotopic (exact) mass is 360 g/mol. The van der Waals surface area contributed by atoms with Gasteiger partial charge in [0.15, 0.2) is 0 Å². The molecule has 0 amide bonds. The van der Waals surface area contributed by atoms with Gasteiger partial charge in [0.05, 0.1) is 5.56 Å². The minimum absolute atomic E-state index is 0.0244. The second kappa shape index (κ2) is 5.58. The Labute approximate surface area is 161 Å². The molecule has 1 fully saturated rings. The number of hydrogen-bond acceptors (Lipinski definition) is 1. The van der Waals surface area contributed by atoms with E-state index in [0.29, 0.717) is 5.56 Å². The van der Waals surface area contributed by atoms with Gasteiger partial charge in [-0.2, -0.15) is 0 Å². The number of aryl methyl sites for hydroxylation is 1. The normalized spacial score (nSPS) is 20.8. The number of hydrogen-bond donors (Lipinski definition) is 1. The molecule has 0 unspecified atom stereocenters. The molecule has 140 valence electrons. The van der Waals surface area contributed by atoms with Crippen molar-refractivity contribution in [2.24, 2.45) is 0 Å². The van der Waals surface area contributed by atoms with Crippen LogP contribution in [-0.2, 0) is 16.2 Å². The predicted octanol–water partition coefficient (Wildman–Crippen LogP) is 5.90. The van der Waals surface area contributed by atoms with Crippen molar-refractivity contribution in [1.29, 1.82) is 0 Å². The lowest BCUT2D eigenvalue weighted by Crippen LogP contribution is -2.30. The van der Waals surface area contributed by atoms with Crippen LogP contribution in [0, 0.1) is 6.92 Å². The summed E-state index contributed by atoms with van der Waals surface area (Å²) in [6.45, 7) is 11.4. The van der Waals surface area contributed by atoms with Crippen molar-refractivity contribution in [3.63, 3.8) is 0 Å². The van der Waals surface area contributed by atoms with Gasteiger partial charge in [0.2, 0.25) is 0 Å². The van der Waals surface area contributed by atoms with E-state index in [4.69, 9.17) is 0 Å². The van der Waals surface area contributed by atoms with Gasteiger partial charge in [-0.15, -0.1) is 0 Å². The minimum Gasteiger partial charge on any atom is -0.478 e. The van der Waals surface area contributed by atoms with Crippen molar-refractivity contribution < 1.29 is 9.90 Å². The smallest absolute Gasteiger partial charge is 0.335 e. The number of benzene rings is 2. The molecule has 2 aliphatic rings. The molecule has 1 N–H and O–H groups in total. The van der Waals surface area contributed by atoms with E-state index in [1.165, 1.54) is 27.8 Å². The molecule has 2 heteroatoms.